The van der Waals surface area contributed by atoms with Crippen LogP contribution in [0.5, 0.6) is 17.2 Å². The molecule has 1 amide bonds. The zero-order valence-corrected chi connectivity index (χ0v) is 25.2. The Morgan fingerprint density at radius 3 is 2.63 bits per heavy atom. The summed E-state index contributed by atoms with van der Waals surface area (Å²) in [4.78, 5) is 46.0. The van der Waals surface area contributed by atoms with Gasteiger partial charge in [0.25, 0.3) is 5.78 Å². The Kier molecular flexibility index (Phi) is 8.54. The molecule has 0 radical (unpaired) electrons. The van der Waals surface area contributed by atoms with Crippen molar-refractivity contribution in [1.82, 2.24) is 4.98 Å². The van der Waals surface area contributed by atoms with Crippen LogP contribution in [0.2, 0.25) is 0 Å². The summed E-state index contributed by atoms with van der Waals surface area (Å²) in [5.74, 6) is -1.11. The van der Waals surface area contributed by atoms with E-state index in [2.05, 4.69) is 11.6 Å². The number of thiazole rings is 1. The van der Waals surface area contributed by atoms with Crippen molar-refractivity contribution >= 4 is 39.9 Å². The maximum Gasteiger partial charge on any atom is 0.350 e. The molecule has 2 atom stereocenters. The second-order valence-corrected chi connectivity index (χ2v) is 11.0. The first-order valence-electron chi connectivity index (χ1n) is 13.9. The van der Waals surface area contributed by atoms with Crippen molar-refractivity contribution in [3.05, 3.63) is 81.9 Å². The maximum atomic E-state index is 13.7. The molecule has 0 bridgehead atoms. The van der Waals surface area contributed by atoms with Crippen LogP contribution in [0.1, 0.15) is 58.9 Å². The van der Waals surface area contributed by atoms with Crippen LogP contribution in [-0.4, -0.2) is 53.7 Å². The van der Waals surface area contributed by atoms with Crippen LogP contribution in [0.25, 0.3) is 5.76 Å². The Labute approximate surface area is 253 Å². The number of rotatable bonds is 10. The number of aliphatic hydroxyl groups excluding tert-OH is 1. The number of esters is 1. The van der Waals surface area contributed by atoms with Gasteiger partial charge in [-0.2, -0.15) is 0 Å². The average Bonchev–Trinajstić information content (AvgIpc) is 3.64. The van der Waals surface area contributed by atoms with Gasteiger partial charge in [0.2, 0.25) is 0 Å². The van der Waals surface area contributed by atoms with Crippen molar-refractivity contribution in [2.75, 3.05) is 24.7 Å². The molecule has 224 valence electrons. The minimum absolute atomic E-state index is 0.00695. The van der Waals surface area contributed by atoms with Crippen LogP contribution < -0.4 is 19.1 Å². The van der Waals surface area contributed by atoms with Gasteiger partial charge in [0.1, 0.15) is 29.1 Å². The van der Waals surface area contributed by atoms with Crippen LogP contribution in [0.15, 0.2) is 54.6 Å². The second-order valence-electron chi connectivity index (χ2n) is 9.99. The third kappa shape index (κ3) is 5.60. The van der Waals surface area contributed by atoms with Crippen LogP contribution >= 0.6 is 11.3 Å². The second kappa shape index (κ2) is 12.3. The van der Waals surface area contributed by atoms with Crippen molar-refractivity contribution in [3.8, 4) is 17.2 Å². The first kappa shape index (κ1) is 29.8. The molecule has 1 fully saturated rings. The average molecular weight is 605 g/mol. The SMILES string of the molecule is C=CCOC(=O)c1sc(N2C(=O)C(=O)C(=C(O)c3ccc4c(c3)C[C@H](C)O4)[C@@H]2c2ccc(OCC)c(OCC)c2)nc1C. The summed E-state index contributed by atoms with van der Waals surface area (Å²) in [5, 5.41) is 11.7. The molecule has 11 heteroatoms. The van der Waals surface area contributed by atoms with Gasteiger partial charge in [-0.1, -0.05) is 30.1 Å². The lowest BCUT2D eigenvalue weighted by atomic mass is 9.94. The predicted octanol–water partition coefficient (Wildman–Crippen LogP) is 5.54. The van der Waals surface area contributed by atoms with E-state index >= 15 is 0 Å². The monoisotopic (exact) mass is 604 g/mol. The molecule has 10 nitrogen and oxygen atoms in total. The zero-order valence-electron chi connectivity index (χ0n) is 24.3. The van der Waals surface area contributed by atoms with Gasteiger partial charge in [0, 0.05) is 12.0 Å². The standard InChI is InChI=1S/C32H32N2O8S/c1-6-13-41-31(38)29-18(5)33-32(43-29)34-26(19-9-12-23(39-7-2)24(16-19)40-8-3)25(28(36)30(34)37)27(35)20-10-11-22-21(15-20)14-17(4)42-22/h6,9-12,15-17,26,35H,1,7-8,13-14H2,2-5H3/t17-,26-/m0/s1. The van der Waals surface area contributed by atoms with Crippen molar-refractivity contribution in [2.45, 2.75) is 46.3 Å². The number of nitrogens with zero attached hydrogens (tertiary/aromatic N) is 2. The number of benzene rings is 2. The lowest BCUT2D eigenvalue weighted by Crippen LogP contribution is -2.29. The van der Waals surface area contributed by atoms with E-state index in [-0.39, 0.29) is 34.1 Å². The number of carbonyl (C=O) groups is 3. The fraction of sp³-hybridized carbons (Fsp3) is 0.312. The number of hydrogen-bond donors (Lipinski definition) is 1. The zero-order chi connectivity index (χ0) is 30.8. The lowest BCUT2D eigenvalue weighted by Gasteiger charge is -2.24. The summed E-state index contributed by atoms with van der Waals surface area (Å²) in [6.07, 6.45) is 2.08. The molecule has 1 saturated heterocycles. The molecule has 0 unspecified atom stereocenters. The van der Waals surface area contributed by atoms with Gasteiger partial charge in [0.15, 0.2) is 16.6 Å². The van der Waals surface area contributed by atoms with Crippen molar-refractivity contribution < 1.29 is 38.4 Å². The molecule has 1 aromatic heterocycles. The summed E-state index contributed by atoms with van der Waals surface area (Å²) in [6, 6.07) is 9.18. The minimum atomic E-state index is -1.08. The first-order chi connectivity index (χ1) is 20.7. The molecule has 1 N–H and O–H groups in total. The van der Waals surface area contributed by atoms with Crippen LogP contribution in [-0.2, 0) is 20.7 Å². The number of aromatic nitrogens is 1. The van der Waals surface area contributed by atoms with E-state index in [1.165, 1.54) is 11.0 Å². The number of aryl methyl sites for hydroxylation is 1. The highest BCUT2D eigenvalue weighted by molar-refractivity contribution is 7.17. The summed E-state index contributed by atoms with van der Waals surface area (Å²) in [5.41, 5.74) is 1.96. The largest absolute Gasteiger partial charge is 0.507 e. The number of Topliss-reactive ketones (excluding diaryl/α,β-unsaturated/α-hetero) is 1. The summed E-state index contributed by atoms with van der Waals surface area (Å²) >= 11 is 0.928. The van der Waals surface area contributed by atoms with Crippen LogP contribution in [0.3, 0.4) is 0 Å². The fourth-order valence-corrected chi connectivity index (χ4v) is 6.17. The van der Waals surface area contributed by atoms with E-state index in [1.54, 1.807) is 43.3 Å². The third-order valence-corrected chi connectivity index (χ3v) is 8.14. The predicted molar refractivity (Wildman–Crippen MR) is 161 cm³/mol. The van der Waals surface area contributed by atoms with Gasteiger partial charge in [0.05, 0.1) is 30.5 Å². The van der Waals surface area contributed by atoms with E-state index < -0.39 is 23.7 Å². The van der Waals surface area contributed by atoms with Gasteiger partial charge in [-0.3, -0.25) is 14.5 Å². The molecule has 3 aromatic rings. The number of amides is 1. The number of fused-ring (bicyclic) bond motifs is 1. The van der Waals surface area contributed by atoms with E-state index in [1.807, 2.05) is 20.8 Å². The van der Waals surface area contributed by atoms with Gasteiger partial charge in [-0.05, 0) is 69.2 Å². The normalized spacial score (nSPS) is 18.7. The molecule has 0 spiro atoms. The highest BCUT2D eigenvalue weighted by Crippen LogP contribution is 2.46. The van der Waals surface area contributed by atoms with E-state index in [0.29, 0.717) is 53.7 Å². The summed E-state index contributed by atoms with van der Waals surface area (Å²) < 4.78 is 22.5. The lowest BCUT2D eigenvalue weighted by molar-refractivity contribution is -0.132. The third-order valence-electron chi connectivity index (χ3n) is 7.01. The Hall–Kier alpha value is -4.64. The Bertz CT molecular complexity index is 1640. The molecule has 2 aliphatic rings. The van der Waals surface area contributed by atoms with Gasteiger partial charge < -0.3 is 24.1 Å². The molecule has 0 aliphatic carbocycles. The molecule has 2 aromatic carbocycles. The van der Waals surface area contributed by atoms with Crippen LogP contribution in [0, 0.1) is 6.92 Å². The number of aliphatic hydroxyl groups is 1. The summed E-state index contributed by atoms with van der Waals surface area (Å²) in [6.45, 7) is 11.6. The Morgan fingerprint density at radius 1 is 1.16 bits per heavy atom. The number of ether oxygens (including phenoxy) is 4. The molecule has 5 rings (SSSR count). The molecular formula is C32H32N2O8S. The van der Waals surface area contributed by atoms with Crippen molar-refractivity contribution in [2.24, 2.45) is 0 Å². The van der Waals surface area contributed by atoms with E-state index in [9.17, 15) is 19.5 Å². The van der Waals surface area contributed by atoms with Gasteiger partial charge in [-0.25, -0.2) is 9.78 Å². The summed E-state index contributed by atoms with van der Waals surface area (Å²) in [7, 11) is 0. The number of anilines is 1. The molecule has 3 heterocycles. The molecule has 0 saturated carbocycles. The van der Waals surface area contributed by atoms with Crippen molar-refractivity contribution in [3.63, 3.8) is 0 Å². The van der Waals surface area contributed by atoms with E-state index in [0.717, 1.165) is 16.9 Å². The number of ketones is 1. The molecular weight excluding hydrogens is 572 g/mol. The van der Waals surface area contributed by atoms with Gasteiger partial charge in [-0.15, -0.1) is 0 Å². The molecule has 2 aliphatic heterocycles. The highest BCUT2D eigenvalue weighted by atomic mass is 32.1. The Morgan fingerprint density at radius 2 is 1.91 bits per heavy atom. The fourth-order valence-electron chi connectivity index (χ4n) is 5.18. The quantitative estimate of drug-likeness (QED) is 0.104. The highest BCUT2D eigenvalue weighted by Gasteiger charge is 2.49. The Balaban J connectivity index is 1.68. The number of carbonyl (C=O) groups excluding carboxylic acids is 3. The topological polar surface area (TPSA) is 124 Å². The van der Waals surface area contributed by atoms with Crippen molar-refractivity contribution in [1.29, 1.82) is 0 Å². The van der Waals surface area contributed by atoms with E-state index in [4.69, 9.17) is 18.9 Å². The molecule has 43 heavy (non-hydrogen) atoms. The smallest absolute Gasteiger partial charge is 0.350 e. The first-order valence-corrected chi connectivity index (χ1v) is 14.8. The number of hydrogen-bond acceptors (Lipinski definition) is 10. The minimum Gasteiger partial charge on any atom is -0.507 e. The maximum absolute atomic E-state index is 13.7. The van der Waals surface area contributed by atoms with Gasteiger partial charge >= 0.3 is 11.9 Å². The van der Waals surface area contributed by atoms with Crippen LogP contribution in [0.4, 0.5) is 5.13 Å².